The van der Waals surface area contributed by atoms with Crippen molar-refractivity contribution in [2.24, 2.45) is 0 Å². The van der Waals surface area contributed by atoms with Gasteiger partial charge in [-0.15, -0.1) is 0 Å². The Kier molecular flexibility index (Phi) is 48.1. The molecule has 1 fully saturated rings. The predicted octanol–water partition coefficient (Wildman–Crippen LogP) is 15.1. The molecule has 0 aromatic carbocycles. The molecule has 75 heavy (non-hydrogen) atoms. The molecule has 1 aliphatic carbocycles. The minimum Gasteiger partial charge on any atom is -0.462 e. The minimum absolute atomic E-state index is 0.0944. The lowest BCUT2D eigenvalue weighted by Gasteiger charge is -2.41. The maximum absolute atomic E-state index is 12.9. The van der Waals surface area contributed by atoms with Gasteiger partial charge in [-0.25, -0.2) is 4.57 Å². The van der Waals surface area contributed by atoms with Crippen LogP contribution < -0.4 is 0 Å². The highest BCUT2D eigenvalue weighted by Gasteiger charge is 2.51. The highest BCUT2D eigenvalue weighted by atomic mass is 31.2. The number of phosphoric acid groups is 1. The van der Waals surface area contributed by atoms with Gasteiger partial charge in [0.15, 0.2) is 6.10 Å². The van der Waals surface area contributed by atoms with Crippen LogP contribution >= 0.6 is 7.82 Å². The molecule has 0 aliphatic heterocycles. The third-order valence-corrected chi connectivity index (χ3v) is 15.8. The van der Waals surface area contributed by atoms with Gasteiger partial charge < -0.3 is 39.9 Å². The van der Waals surface area contributed by atoms with Gasteiger partial charge in [-0.1, -0.05) is 263 Å². The Morgan fingerprint density at radius 2 is 0.707 bits per heavy atom. The number of carbonyl (C=O) groups is 2. The van der Waals surface area contributed by atoms with E-state index < -0.39 is 75.7 Å². The van der Waals surface area contributed by atoms with Crippen molar-refractivity contribution < 1.29 is 63.1 Å². The van der Waals surface area contributed by atoms with Gasteiger partial charge in [-0.2, -0.15) is 0 Å². The van der Waals surface area contributed by atoms with Crippen LogP contribution in [0.15, 0.2) is 24.3 Å². The molecular formula is C61H115O13P. The molecule has 8 atom stereocenters. The van der Waals surface area contributed by atoms with Crippen molar-refractivity contribution in [1.82, 2.24) is 0 Å². The number of aliphatic hydroxyl groups excluding tert-OH is 5. The van der Waals surface area contributed by atoms with E-state index in [-0.39, 0.29) is 12.8 Å². The molecule has 6 N–H and O–H groups in total. The first kappa shape index (κ1) is 71.3. The second-order valence-electron chi connectivity index (χ2n) is 21.9. The Morgan fingerprint density at radius 1 is 0.400 bits per heavy atom. The fourth-order valence-corrected chi connectivity index (χ4v) is 10.8. The lowest BCUT2D eigenvalue weighted by molar-refractivity contribution is -0.220. The molecule has 0 spiro atoms. The van der Waals surface area contributed by atoms with Crippen molar-refractivity contribution in [2.75, 3.05) is 13.2 Å². The van der Waals surface area contributed by atoms with E-state index in [1.807, 2.05) is 6.08 Å². The summed E-state index contributed by atoms with van der Waals surface area (Å²) in [6.45, 7) is 3.35. The number of esters is 2. The van der Waals surface area contributed by atoms with Crippen LogP contribution in [0.5, 0.6) is 0 Å². The third kappa shape index (κ3) is 42.0. The molecule has 1 rings (SSSR count). The molecule has 1 aliphatic rings. The van der Waals surface area contributed by atoms with Crippen LogP contribution in [0.1, 0.15) is 296 Å². The van der Waals surface area contributed by atoms with Crippen molar-refractivity contribution in [3.8, 4) is 0 Å². The molecule has 0 radical (unpaired) electrons. The highest BCUT2D eigenvalue weighted by molar-refractivity contribution is 7.47. The smallest absolute Gasteiger partial charge is 0.462 e. The topological polar surface area (TPSA) is 210 Å². The molecule has 14 heteroatoms. The summed E-state index contributed by atoms with van der Waals surface area (Å²) in [5.41, 5.74) is 0. The van der Waals surface area contributed by atoms with E-state index in [1.165, 1.54) is 205 Å². The molecule has 0 amide bonds. The van der Waals surface area contributed by atoms with Crippen LogP contribution in [-0.2, 0) is 32.7 Å². The summed E-state index contributed by atoms with van der Waals surface area (Å²) in [6.07, 6.45) is 48.2. The first-order chi connectivity index (χ1) is 36.4. The first-order valence-corrected chi connectivity index (χ1v) is 32.6. The fourth-order valence-electron chi connectivity index (χ4n) is 9.84. The summed E-state index contributed by atoms with van der Waals surface area (Å²) >= 11 is 0. The van der Waals surface area contributed by atoms with Gasteiger partial charge in [0, 0.05) is 12.8 Å². The average Bonchev–Trinajstić information content (AvgIpc) is 3.39. The van der Waals surface area contributed by atoms with E-state index in [2.05, 4.69) is 32.1 Å². The quantitative estimate of drug-likeness (QED) is 0.0145. The second kappa shape index (κ2) is 50.5. The molecule has 0 heterocycles. The van der Waals surface area contributed by atoms with Crippen LogP contribution in [0.3, 0.4) is 0 Å². The van der Waals surface area contributed by atoms with Gasteiger partial charge in [0.05, 0.1) is 6.61 Å². The van der Waals surface area contributed by atoms with E-state index in [9.17, 15) is 44.6 Å². The lowest BCUT2D eigenvalue weighted by atomic mass is 9.85. The number of rotatable bonds is 54. The number of hydrogen-bond acceptors (Lipinski definition) is 12. The molecule has 0 aromatic heterocycles. The monoisotopic (exact) mass is 1090 g/mol. The van der Waals surface area contributed by atoms with Gasteiger partial charge in [-0.3, -0.25) is 18.6 Å². The van der Waals surface area contributed by atoms with E-state index in [0.29, 0.717) is 19.3 Å². The number of unbranched alkanes of at least 4 members (excludes halogenated alkanes) is 38. The number of hydrogen-bond donors (Lipinski definition) is 6. The summed E-state index contributed by atoms with van der Waals surface area (Å²) < 4.78 is 33.8. The zero-order valence-electron chi connectivity index (χ0n) is 47.9. The molecular weight excluding hydrogens is 972 g/mol. The van der Waals surface area contributed by atoms with Gasteiger partial charge in [-0.05, 0) is 44.9 Å². The zero-order chi connectivity index (χ0) is 54.9. The van der Waals surface area contributed by atoms with Crippen molar-refractivity contribution in [2.45, 2.75) is 339 Å². The molecule has 0 aromatic rings. The van der Waals surface area contributed by atoms with Crippen LogP contribution in [-0.4, -0.2) is 98.3 Å². The fraction of sp³-hybridized carbons (Fsp3) is 0.902. The van der Waals surface area contributed by atoms with Crippen molar-refractivity contribution in [1.29, 1.82) is 0 Å². The van der Waals surface area contributed by atoms with Crippen molar-refractivity contribution >= 4 is 19.8 Å². The molecule has 1 saturated carbocycles. The van der Waals surface area contributed by atoms with E-state index in [4.69, 9.17) is 18.5 Å². The summed E-state index contributed by atoms with van der Waals surface area (Å²) in [6, 6.07) is 0. The zero-order valence-corrected chi connectivity index (χ0v) is 48.8. The number of phosphoric ester groups is 1. The number of ether oxygens (including phenoxy) is 2. The Hall–Kier alpha value is -1.67. The SMILES string of the molecule is CCCCCCCCCCCCCCCC/C=C/CC/C=C/CCCC(=O)OC[C@@H](COP(=O)(O)OC1C(O)C(O)C(O)[C@H](O)C1O)OC(=O)CCCCCCCCCCCCCCCCCCCCCCCCC. The summed E-state index contributed by atoms with van der Waals surface area (Å²) in [5, 5.41) is 50.4. The summed E-state index contributed by atoms with van der Waals surface area (Å²) in [4.78, 5) is 36.0. The number of carbonyl (C=O) groups excluding carboxylic acids is 2. The van der Waals surface area contributed by atoms with E-state index in [0.717, 1.165) is 44.9 Å². The number of aliphatic hydroxyl groups is 5. The van der Waals surface area contributed by atoms with E-state index >= 15 is 0 Å². The Labute approximate surface area is 457 Å². The van der Waals surface area contributed by atoms with Crippen LogP contribution in [0.25, 0.3) is 0 Å². The highest BCUT2D eigenvalue weighted by Crippen LogP contribution is 2.47. The molecule has 0 saturated heterocycles. The van der Waals surface area contributed by atoms with Gasteiger partial charge in [0.1, 0.15) is 43.2 Å². The van der Waals surface area contributed by atoms with E-state index in [1.54, 1.807) is 0 Å². The molecule has 442 valence electrons. The summed E-state index contributed by atoms with van der Waals surface area (Å²) in [5.74, 6) is -1.13. The van der Waals surface area contributed by atoms with Crippen molar-refractivity contribution in [3.05, 3.63) is 24.3 Å². The number of allylic oxidation sites excluding steroid dienone is 4. The predicted molar refractivity (Wildman–Crippen MR) is 304 cm³/mol. The molecule has 0 bridgehead atoms. The van der Waals surface area contributed by atoms with Crippen LogP contribution in [0, 0.1) is 0 Å². The second-order valence-corrected chi connectivity index (χ2v) is 23.3. The first-order valence-electron chi connectivity index (χ1n) is 31.1. The lowest BCUT2D eigenvalue weighted by Crippen LogP contribution is -2.64. The van der Waals surface area contributed by atoms with Gasteiger partial charge in [0.25, 0.3) is 0 Å². The van der Waals surface area contributed by atoms with Gasteiger partial charge >= 0.3 is 19.8 Å². The largest absolute Gasteiger partial charge is 0.472 e. The van der Waals surface area contributed by atoms with Crippen LogP contribution in [0.4, 0.5) is 0 Å². The van der Waals surface area contributed by atoms with Crippen molar-refractivity contribution in [3.63, 3.8) is 0 Å². The third-order valence-electron chi connectivity index (χ3n) is 14.8. The molecule has 13 nitrogen and oxygen atoms in total. The summed E-state index contributed by atoms with van der Waals surface area (Å²) in [7, 11) is -5.13. The maximum Gasteiger partial charge on any atom is 0.472 e. The Bertz CT molecular complexity index is 1400. The normalized spacial score (nSPS) is 20.3. The molecule has 6 unspecified atom stereocenters. The average molecular weight is 1090 g/mol. The Morgan fingerprint density at radius 3 is 1.09 bits per heavy atom. The van der Waals surface area contributed by atoms with Crippen LogP contribution in [0.2, 0.25) is 0 Å². The standard InChI is InChI=1S/C61H115O13P/c1-3-5-7-9-11-13-15-17-19-21-23-25-27-29-31-33-35-37-39-41-43-45-47-49-54(62)71-51-53(52-72-75(69,70)74-61-59(67)57(65)56(64)58(66)60(61)68)73-55(63)50-48-46-44-42-40-38-36-34-32-30-28-26-24-22-20-18-16-14-12-10-8-6-4-2/h33,35,41,43,53,56-61,64-68H,3-32,34,36-40,42,44-52H2,1-2H3,(H,69,70)/b35-33+,43-41+/t53-,56?,57-,58?,59?,60?,61?/m0/s1. The maximum atomic E-state index is 12.9. The minimum atomic E-state index is -5.13. The Balaban J connectivity index is 2.31. The van der Waals surface area contributed by atoms with Gasteiger partial charge in [0.2, 0.25) is 0 Å².